The van der Waals surface area contributed by atoms with Crippen LogP contribution in [0.5, 0.6) is 0 Å². The molecular weight excluding hydrogens is 196 g/mol. The summed E-state index contributed by atoms with van der Waals surface area (Å²) in [5, 5.41) is 6.59. The number of amides is 2. The van der Waals surface area contributed by atoms with Crippen molar-refractivity contribution in [1.82, 2.24) is 20.0 Å². The van der Waals surface area contributed by atoms with Crippen LogP contribution >= 0.6 is 0 Å². The average Bonchev–Trinajstić information content (AvgIpc) is 2.64. The smallest absolute Gasteiger partial charge is 0.257 e. The fourth-order valence-corrected chi connectivity index (χ4v) is 1.53. The molecule has 0 spiro atoms. The quantitative estimate of drug-likeness (QED) is 0.643. The molecule has 1 fully saturated rings. The summed E-state index contributed by atoms with van der Waals surface area (Å²) < 4.78 is 1.57. The van der Waals surface area contributed by atoms with Crippen LogP contribution in [0.1, 0.15) is 10.4 Å². The lowest BCUT2D eigenvalue weighted by molar-refractivity contribution is -0.123. The number of aryl methyl sites for hydroxylation is 1. The molecule has 0 unspecified atom stereocenters. The molecule has 1 aliphatic rings. The number of piperazine rings is 1. The standard InChI is InChI=1S/C9H12N4O2/c1-12-5-7(4-11-12)9(15)13-3-2-10-8(14)6-13/h4-5H,2-3,6H2,1H3,(H,10,14). The Labute approximate surface area is 86.9 Å². The molecule has 1 saturated heterocycles. The normalized spacial score (nSPS) is 16.3. The maximum atomic E-state index is 11.9. The zero-order valence-electron chi connectivity index (χ0n) is 8.43. The Balaban J connectivity index is 2.10. The molecule has 1 aromatic heterocycles. The van der Waals surface area contributed by atoms with E-state index in [9.17, 15) is 9.59 Å². The Morgan fingerprint density at radius 1 is 1.60 bits per heavy atom. The van der Waals surface area contributed by atoms with E-state index in [2.05, 4.69) is 10.4 Å². The summed E-state index contributed by atoms with van der Waals surface area (Å²) >= 11 is 0. The highest BCUT2D eigenvalue weighted by atomic mass is 16.2. The van der Waals surface area contributed by atoms with Crippen LogP contribution in [0.2, 0.25) is 0 Å². The van der Waals surface area contributed by atoms with Crippen LogP contribution < -0.4 is 5.32 Å². The molecule has 0 atom stereocenters. The van der Waals surface area contributed by atoms with Crippen molar-refractivity contribution in [3.05, 3.63) is 18.0 Å². The van der Waals surface area contributed by atoms with Gasteiger partial charge in [-0.3, -0.25) is 14.3 Å². The van der Waals surface area contributed by atoms with E-state index >= 15 is 0 Å². The van der Waals surface area contributed by atoms with Gasteiger partial charge in [-0.15, -0.1) is 0 Å². The summed E-state index contributed by atoms with van der Waals surface area (Å²) in [6.07, 6.45) is 3.16. The molecule has 0 aromatic carbocycles. The van der Waals surface area contributed by atoms with Crippen molar-refractivity contribution in [3.63, 3.8) is 0 Å². The first-order valence-electron chi connectivity index (χ1n) is 4.71. The van der Waals surface area contributed by atoms with E-state index in [-0.39, 0.29) is 18.4 Å². The Kier molecular flexibility index (Phi) is 2.40. The second-order valence-corrected chi connectivity index (χ2v) is 3.48. The number of aromatic nitrogens is 2. The minimum atomic E-state index is -0.141. The van der Waals surface area contributed by atoms with Crippen LogP contribution in [0.3, 0.4) is 0 Å². The zero-order chi connectivity index (χ0) is 10.8. The van der Waals surface area contributed by atoms with Gasteiger partial charge in [-0.25, -0.2) is 0 Å². The summed E-state index contributed by atoms with van der Waals surface area (Å²) in [7, 11) is 1.75. The number of nitrogens with zero attached hydrogens (tertiary/aromatic N) is 3. The molecule has 0 bridgehead atoms. The van der Waals surface area contributed by atoms with Gasteiger partial charge in [0.15, 0.2) is 0 Å². The van der Waals surface area contributed by atoms with Crippen LogP contribution in [-0.4, -0.2) is 46.1 Å². The van der Waals surface area contributed by atoms with Crippen LogP contribution in [0.25, 0.3) is 0 Å². The number of carbonyl (C=O) groups is 2. The first kappa shape index (κ1) is 9.70. The van der Waals surface area contributed by atoms with Gasteiger partial charge in [0.2, 0.25) is 5.91 Å². The summed E-state index contributed by atoms with van der Waals surface area (Å²) in [4.78, 5) is 24.5. The van der Waals surface area contributed by atoms with Crippen LogP contribution in [0.15, 0.2) is 12.4 Å². The molecule has 2 rings (SSSR count). The zero-order valence-corrected chi connectivity index (χ0v) is 8.43. The fourth-order valence-electron chi connectivity index (χ4n) is 1.53. The Morgan fingerprint density at radius 2 is 2.40 bits per heavy atom. The number of hydrogen-bond donors (Lipinski definition) is 1. The first-order chi connectivity index (χ1) is 7.16. The Hall–Kier alpha value is -1.85. The van der Waals surface area contributed by atoms with E-state index in [1.807, 2.05) is 0 Å². The maximum absolute atomic E-state index is 11.9. The molecule has 1 aromatic rings. The molecule has 2 heterocycles. The second kappa shape index (κ2) is 3.72. The monoisotopic (exact) mass is 208 g/mol. The Bertz CT molecular complexity index is 399. The largest absolute Gasteiger partial charge is 0.353 e. The van der Waals surface area contributed by atoms with E-state index in [0.717, 1.165) is 0 Å². The van der Waals surface area contributed by atoms with Crippen molar-refractivity contribution >= 4 is 11.8 Å². The third kappa shape index (κ3) is 1.98. The number of carbonyl (C=O) groups excluding carboxylic acids is 2. The molecule has 15 heavy (non-hydrogen) atoms. The molecule has 0 radical (unpaired) electrons. The number of hydrogen-bond acceptors (Lipinski definition) is 3. The van der Waals surface area contributed by atoms with E-state index in [0.29, 0.717) is 18.7 Å². The highest BCUT2D eigenvalue weighted by Gasteiger charge is 2.22. The van der Waals surface area contributed by atoms with Crippen molar-refractivity contribution in [2.45, 2.75) is 0 Å². The summed E-state index contributed by atoms with van der Waals surface area (Å²) in [6, 6.07) is 0. The van der Waals surface area contributed by atoms with Gasteiger partial charge in [-0.05, 0) is 0 Å². The topological polar surface area (TPSA) is 67.2 Å². The van der Waals surface area contributed by atoms with Crippen molar-refractivity contribution in [2.75, 3.05) is 19.6 Å². The molecule has 80 valence electrons. The lowest BCUT2D eigenvalue weighted by atomic mass is 10.2. The van der Waals surface area contributed by atoms with Crippen LogP contribution in [-0.2, 0) is 11.8 Å². The number of rotatable bonds is 1. The van der Waals surface area contributed by atoms with Crippen molar-refractivity contribution in [2.24, 2.45) is 7.05 Å². The Morgan fingerprint density at radius 3 is 3.00 bits per heavy atom. The van der Waals surface area contributed by atoms with E-state index in [1.54, 1.807) is 17.9 Å². The summed E-state index contributed by atoms with van der Waals surface area (Å²) in [5.74, 6) is -0.253. The van der Waals surface area contributed by atoms with Crippen molar-refractivity contribution in [1.29, 1.82) is 0 Å². The molecule has 0 aliphatic carbocycles. The van der Waals surface area contributed by atoms with E-state index in [4.69, 9.17) is 0 Å². The minimum Gasteiger partial charge on any atom is -0.353 e. The van der Waals surface area contributed by atoms with Crippen molar-refractivity contribution in [3.8, 4) is 0 Å². The molecule has 0 saturated carbocycles. The van der Waals surface area contributed by atoms with E-state index in [1.165, 1.54) is 11.1 Å². The highest BCUT2D eigenvalue weighted by Crippen LogP contribution is 2.04. The van der Waals surface area contributed by atoms with Gasteiger partial charge in [0, 0.05) is 26.3 Å². The van der Waals surface area contributed by atoms with E-state index < -0.39 is 0 Å². The highest BCUT2D eigenvalue weighted by molar-refractivity contribution is 5.96. The molecule has 6 heteroatoms. The lowest BCUT2D eigenvalue weighted by Gasteiger charge is -2.26. The lowest BCUT2D eigenvalue weighted by Crippen LogP contribution is -2.49. The van der Waals surface area contributed by atoms with Gasteiger partial charge >= 0.3 is 0 Å². The predicted molar refractivity (Wildman–Crippen MR) is 52.1 cm³/mol. The summed E-state index contributed by atoms with van der Waals surface area (Å²) in [5.41, 5.74) is 0.521. The minimum absolute atomic E-state index is 0.113. The molecule has 2 amide bonds. The van der Waals surface area contributed by atoms with Gasteiger partial charge in [0.25, 0.3) is 5.91 Å². The first-order valence-corrected chi connectivity index (χ1v) is 4.71. The van der Waals surface area contributed by atoms with Gasteiger partial charge in [0.1, 0.15) is 0 Å². The number of nitrogens with one attached hydrogen (secondary N) is 1. The van der Waals surface area contributed by atoms with Gasteiger partial charge in [-0.1, -0.05) is 0 Å². The second-order valence-electron chi connectivity index (χ2n) is 3.48. The van der Waals surface area contributed by atoms with Crippen molar-refractivity contribution < 1.29 is 9.59 Å². The van der Waals surface area contributed by atoms with Crippen LogP contribution in [0.4, 0.5) is 0 Å². The molecule has 6 nitrogen and oxygen atoms in total. The third-order valence-electron chi connectivity index (χ3n) is 2.28. The molecule has 1 aliphatic heterocycles. The van der Waals surface area contributed by atoms with Gasteiger partial charge in [0.05, 0.1) is 18.3 Å². The third-order valence-corrected chi connectivity index (χ3v) is 2.28. The van der Waals surface area contributed by atoms with Crippen LogP contribution in [0, 0.1) is 0 Å². The van der Waals surface area contributed by atoms with Gasteiger partial charge < -0.3 is 10.2 Å². The molecule has 1 N–H and O–H groups in total. The van der Waals surface area contributed by atoms with Gasteiger partial charge in [-0.2, -0.15) is 5.10 Å². The fraction of sp³-hybridized carbons (Fsp3) is 0.444. The summed E-state index contributed by atoms with van der Waals surface area (Å²) in [6.45, 7) is 1.21. The average molecular weight is 208 g/mol. The maximum Gasteiger partial charge on any atom is 0.257 e. The predicted octanol–water partition coefficient (Wildman–Crippen LogP) is -1.01. The molecular formula is C9H12N4O2. The SMILES string of the molecule is Cn1cc(C(=O)N2CCNC(=O)C2)cn1.